The third-order valence-electron chi connectivity index (χ3n) is 5.52. The van der Waals surface area contributed by atoms with Crippen molar-refractivity contribution in [2.75, 3.05) is 26.2 Å². The Bertz CT molecular complexity index is 314. The molecule has 110 valence electrons. The molecule has 0 radical (unpaired) electrons. The van der Waals surface area contributed by atoms with E-state index in [-0.39, 0.29) is 0 Å². The molecule has 1 aliphatic heterocycles. The fourth-order valence-electron chi connectivity index (χ4n) is 3.90. The van der Waals surface area contributed by atoms with Crippen LogP contribution >= 0.6 is 0 Å². The van der Waals surface area contributed by atoms with E-state index in [1.165, 1.54) is 45.3 Å². The number of rotatable bonds is 6. The van der Waals surface area contributed by atoms with Crippen molar-refractivity contribution in [2.45, 2.75) is 64.6 Å². The first-order valence-corrected chi connectivity index (χ1v) is 8.20. The second-order valence-corrected chi connectivity index (χ2v) is 7.35. The maximum absolute atomic E-state index is 5.86. The molecule has 3 fully saturated rings. The lowest BCUT2D eigenvalue weighted by molar-refractivity contribution is -0.146. The topological polar surface area (TPSA) is 24.5 Å². The summed E-state index contributed by atoms with van der Waals surface area (Å²) in [6, 6.07) is 1.60. The van der Waals surface area contributed by atoms with Crippen LogP contribution in [0.4, 0.5) is 0 Å². The maximum Gasteiger partial charge on any atom is 0.0655 e. The minimum atomic E-state index is 0.342. The van der Waals surface area contributed by atoms with Crippen molar-refractivity contribution in [1.29, 1.82) is 0 Å². The van der Waals surface area contributed by atoms with E-state index in [1.807, 2.05) is 0 Å². The van der Waals surface area contributed by atoms with Crippen LogP contribution in [0.2, 0.25) is 0 Å². The van der Waals surface area contributed by atoms with Gasteiger partial charge in [-0.05, 0) is 51.6 Å². The Kier molecular flexibility index (Phi) is 3.89. The summed E-state index contributed by atoms with van der Waals surface area (Å²) >= 11 is 0. The molecule has 0 aromatic heterocycles. The second kappa shape index (κ2) is 5.34. The fraction of sp³-hybridized carbons (Fsp3) is 1.00. The maximum atomic E-state index is 5.86. The molecular formula is C16H30N2O. The summed E-state index contributed by atoms with van der Waals surface area (Å²) in [5.41, 5.74) is 0.342. The Morgan fingerprint density at radius 1 is 1.26 bits per heavy atom. The molecular weight excluding hydrogens is 236 g/mol. The van der Waals surface area contributed by atoms with Crippen LogP contribution in [0.15, 0.2) is 0 Å². The monoisotopic (exact) mass is 266 g/mol. The predicted molar refractivity (Wildman–Crippen MR) is 78.3 cm³/mol. The summed E-state index contributed by atoms with van der Waals surface area (Å²) in [6.45, 7) is 11.6. The Morgan fingerprint density at radius 2 is 2.05 bits per heavy atom. The van der Waals surface area contributed by atoms with Crippen molar-refractivity contribution in [3.63, 3.8) is 0 Å². The average Bonchev–Trinajstić information content (AvgIpc) is 3.10. The van der Waals surface area contributed by atoms with Crippen LogP contribution in [-0.4, -0.2) is 49.3 Å². The highest BCUT2D eigenvalue weighted by atomic mass is 16.5. The number of hydrogen-bond donors (Lipinski definition) is 1. The van der Waals surface area contributed by atoms with E-state index in [2.05, 4.69) is 31.0 Å². The first kappa shape index (κ1) is 13.8. The molecule has 0 bridgehead atoms. The van der Waals surface area contributed by atoms with Gasteiger partial charge in [0.15, 0.2) is 0 Å². The number of hydrogen-bond acceptors (Lipinski definition) is 3. The smallest absolute Gasteiger partial charge is 0.0655 e. The molecule has 0 spiro atoms. The van der Waals surface area contributed by atoms with Crippen LogP contribution in [-0.2, 0) is 4.74 Å². The van der Waals surface area contributed by atoms with Gasteiger partial charge in [-0.1, -0.05) is 13.8 Å². The standard InChI is InChI=1S/C16H30N2O/c1-4-19-15-9-14(16(15,2)3)18-8-7-12(11-18)10-17-13-5-6-13/h12-15,17H,4-11H2,1-3H3. The van der Waals surface area contributed by atoms with E-state index in [9.17, 15) is 0 Å². The van der Waals surface area contributed by atoms with Crippen LogP contribution in [0.3, 0.4) is 0 Å². The molecule has 3 heteroatoms. The van der Waals surface area contributed by atoms with E-state index in [0.717, 1.165) is 24.6 Å². The Morgan fingerprint density at radius 3 is 2.68 bits per heavy atom. The van der Waals surface area contributed by atoms with Gasteiger partial charge in [0.05, 0.1) is 6.10 Å². The minimum Gasteiger partial charge on any atom is -0.378 e. The summed E-state index contributed by atoms with van der Waals surface area (Å²) in [7, 11) is 0. The largest absolute Gasteiger partial charge is 0.378 e. The van der Waals surface area contributed by atoms with Crippen molar-refractivity contribution in [1.82, 2.24) is 10.2 Å². The van der Waals surface area contributed by atoms with Gasteiger partial charge in [-0.15, -0.1) is 0 Å². The van der Waals surface area contributed by atoms with Gasteiger partial charge in [-0.25, -0.2) is 0 Å². The quantitative estimate of drug-likeness (QED) is 0.798. The lowest BCUT2D eigenvalue weighted by Crippen LogP contribution is -2.61. The highest BCUT2D eigenvalue weighted by molar-refractivity contribution is 5.05. The zero-order valence-corrected chi connectivity index (χ0v) is 12.8. The van der Waals surface area contributed by atoms with Crippen molar-refractivity contribution in [3.05, 3.63) is 0 Å². The third-order valence-corrected chi connectivity index (χ3v) is 5.52. The van der Waals surface area contributed by atoms with E-state index in [1.54, 1.807) is 0 Å². The summed E-state index contributed by atoms with van der Waals surface area (Å²) < 4.78 is 5.86. The third kappa shape index (κ3) is 2.84. The number of ether oxygens (including phenoxy) is 1. The van der Waals surface area contributed by atoms with Crippen LogP contribution < -0.4 is 5.32 Å². The van der Waals surface area contributed by atoms with Crippen molar-refractivity contribution in [2.24, 2.45) is 11.3 Å². The van der Waals surface area contributed by atoms with Crippen LogP contribution in [0.1, 0.15) is 46.5 Å². The first-order valence-electron chi connectivity index (χ1n) is 8.20. The molecule has 1 heterocycles. The molecule has 1 N–H and O–H groups in total. The molecule has 0 aromatic carbocycles. The van der Waals surface area contributed by atoms with Gasteiger partial charge in [-0.3, -0.25) is 4.90 Å². The molecule has 3 nitrogen and oxygen atoms in total. The predicted octanol–water partition coefficient (Wildman–Crippen LogP) is 2.26. The van der Waals surface area contributed by atoms with Crippen molar-refractivity contribution >= 4 is 0 Å². The normalized spacial score (nSPS) is 38.4. The highest BCUT2D eigenvalue weighted by Crippen LogP contribution is 2.47. The number of nitrogens with zero attached hydrogens (tertiary/aromatic N) is 1. The average molecular weight is 266 g/mol. The lowest BCUT2D eigenvalue weighted by atomic mass is 9.64. The van der Waals surface area contributed by atoms with Crippen LogP contribution in [0.5, 0.6) is 0 Å². The van der Waals surface area contributed by atoms with Gasteiger partial charge in [0.25, 0.3) is 0 Å². The molecule has 2 aliphatic carbocycles. The van der Waals surface area contributed by atoms with Gasteiger partial charge < -0.3 is 10.1 Å². The second-order valence-electron chi connectivity index (χ2n) is 7.35. The summed E-state index contributed by atoms with van der Waals surface area (Å²) in [5, 5.41) is 3.69. The summed E-state index contributed by atoms with van der Waals surface area (Å²) in [5.74, 6) is 0.877. The van der Waals surface area contributed by atoms with Gasteiger partial charge in [0, 0.05) is 30.7 Å². The molecule has 3 aliphatic rings. The van der Waals surface area contributed by atoms with E-state index in [0.29, 0.717) is 11.5 Å². The van der Waals surface area contributed by atoms with E-state index >= 15 is 0 Å². The molecule has 2 saturated carbocycles. The number of nitrogens with one attached hydrogen (secondary N) is 1. The van der Waals surface area contributed by atoms with Crippen molar-refractivity contribution in [3.8, 4) is 0 Å². The van der Waals surface area contributed by atoms with Crippen LogP contribution in [0, 0.1) is 11.3 Å². The summed E-state index contributed by atoms with van der Waals surface area (Å²) in [4.78, 5) is 2.73. The van der Waals surface area contributed by atoms with E-state index in [4.69, 9.17) is 4.74 Å². The molecule has 19 heavy (non-hydrogen) atoms. The lowest BCUT2D eigenvalue weighted by Gasteiger charge is -2.55. The van der Waals surface area contributed by atoms with E-state index < -0.39 is 0 Å². The number of likely N-dealkylation sites (tertiary alicyclic amines) is 1. The molecule has 3 rings (SSSR count). The molecule has 3 atom stereocenters. The molecule has 0 aromatic rings. The SMILES string of the molecule is CCOC1CC(N2CCC(CNC3CC3)C2)C1(C)C. The van der Waals surface area contributed by atoms with Gasteiger partial charge in [0.2, 0.25) is 0 Å². The summed E-state index contributed by atoms with van der Waals surface area (Å²) in [6.07, 6.45) is 5.91. The molecule has 0 amide bonds. The molecule has 1 saturated heterocycles. The molecule has 3 unspecified atom stereocenters. The van der Waals surface area contributed by atoms with Crippen molar-refractivity contribution < 1.29 is 4.74 Å². The fourth-order valence-corrected chi connectivity index (χ4v) is 3.90. The van der Waals surface area contributed by atoms with Gasteiger partial charge >= 0.3 is 0 Å². The van der Waals surface area contributed by atoms with Gasteiger partial charge in [-0.2, -0.15) is 0 Å². The zero-order chi connectivity index (χ0) is 13.5. The minimum absolute atomic E-state index is 0.342. The Balaban J connectivity index is 1.45. The Labute approximate surface area is 118 Å². The van der Waals surface area contributed by atoms with Gasteiger partial charge in [0.1, 0.15) is 0 Å². The zero-order valence-electron chi connectivity index (χ0n) is 12.8. The van der Waals surface area contributed by atoms with Crippen LogP contribution in [0.25, 0.3) is 0 Å². The Hall–Kier alpha value is -0.120. The first-order chi connectivity index (χ1) is 9.11. The highest BCUT2D eigenvalue weighted by Gasteiger charge is 2.52.